The van der Waals surface area contributed by atoms with Crippen molar-refractivity contribution in [1.82, 2.24) is 0 Å². The van der Waals surface area contributed by atoms with Gasteiger partial charge in [-0.3, -0.25) is 0 Å². The Morgan fingerprint density at radius 2 is 1.80 bits per heavy atom. The lowest BCUT2D eigenvalue weighted by Gasteiger charge is -2.24. The van der Waals surface area contributed by atoms with Gasteiger partial charge in [-0.25, -0.2) is 0 Å². The van der Waals surface area contributed by atoms with Gasteiger partial charge >= 0.3 is 0 Å². The highest BCUT2D eigenvalue weighted by molar-refractivity contribution is 7.80. The van der Waals surface area contributed by atoms with Gasteiger partial charge in [0.2, 0.25) is 0 Å². The lowest BCUT2D eigenvalue weighted by molar-refractivity contribution is 0.332. The van der Waals surface area contributed by atoms with Crippen LogP contribution in [0.5, 0.6) is 0 Å². The van der Waals surface area contributed by atoms with E-state index in [-0.39, 0.29) is 0 Å². The zero-order chi connectivity index (χ0) is 8.20. The summed E-state index contributed by atoms with van der Waals surface area (Å²) in [6, 6.07) is 0. The molecule has 0 heterocycles. The second-order valence-corrected chi connectivity index (χ2v) is 4.50. The molecule has 2 heteroatoms. The Bertz CT molecular complexity index is 89.3. The summed E-state index contributed by atoms with van der Waals surface area (Å²) in [6.45, 7) is 6.73. The van der Waals surface area contributed by atoms with E-state index < -0.39 is 0 Å². The quantitative estimate of drug-likeness (QED) is 0.608. The molecular weight excluding hydrogens is 160 g/mol. The van der Waals surface area contributed by atoms with E-state index in [1.165, 1.54) is 6.42 Å². The van der Waals surface area contributed by atoms with Crippen molar-refractivity contribution in [1.29, 1.82) is 0 Å². The fourth-order valence-corrected chi connectivity index (χ4v) is 1.33. The van der Waals surface area contributed by atoms with Crippen LogP contribution in [0.25, 0.3) is 0 Å². The third-order valence-corrected chi connectivity index (χ3v) is 3.12. The Labute approximate surface area is 75.6 Å². The van der Waals surface area contributed by atoms with Crippen molar-refractivity contribution in [3.05, 3.63) is 0 Å². The summed E-state index contributed by atoms with van der Waals surface area (Å²) in [6.07, 6.45) is 1.22. The van der Waals surface area contributed by atoms with Crippen LogP contribution in [-0.2, 0) is 0 Å². The Kier molecular flexibility index (Phi) is 4.87. The molecule has 0 aliphatic rings. The van der Waals surface area contributed by atoms with E-state index in [0.717, 1.165) is 11.5 Å². The van der Waals surface area contributed by atoms with Crippen LogP contribution in [0.1, 0.15) is 27.2 Å². The average Bonchev–Trinajstić information content (AvgIpc) is 1.87. The van der Waals surface area contributed by atoms with Gasteiger partial charge in [-0.15, -0.1) is 0 Å². The Hall–Kier alpha value is 0.700. The monoisotopic (exact) mass is 178 g/mol. The molecule has 0 aliphatic heterocycles. The molecule has 62 valence electrons. The third-order valence-electron chi connectivity index (χ3n) is 1.64. The summed E-state index contributed by atoms with van der Waals surface area (Å²) in [7, 11) is 0. The maximum absolute atomic E-state index is 4.29. The zero-order valence-electron chi connectivity index (χ0n) is 7.09. The van der Waals surface area contributed by atoms with E-state index >= 15 is 0 Å². The van der Waals surface area contributed by atoms with Gasteiger partial charge < -0.3 is 0 Å². The van der Waals surface area contributed by atoms with Gasteiger partial charge in [0.15, 0.2) is 0 Å². The first-order valence-electron chi connectivity index (χ1n) is 3.73. The fraction of sp³-hybridized carbons (Fsp3) is 1.00. The van der Waals surface area contributed by atoms with Gasteiger partial charge in [-0.05, 0) is 29.3 Å². The van der Waals surface area contributed by atoms with Crippen molar-refractivity contribution in [2.75, 3.05) is 11.5 Å². The topological polar surface area (TPSA) is 0 Å². The normalized spacial score (nSPS) is 15.3. The molecule has 0 saturated heterocycles. The Morgan fingerprint density at radius 3 is 2.10 bits per heavy atom. The highest BCUT2D eigenvalue weighted by atomic mass is 32.1. The molecule has 0 aromatic carbocycles. The van der Waals surface area contributed by atoms with Crippen molar-refractivity contribution in [2.24, 2.45) is 11.3 Å². The van der Waals surface area contributed by atoms with Crippen molar-refractivity contribution in [2.45, 2.75) is 27.2 Å². The molecule has 1 atom stereocenters. The first-order chi connectivity index (χ1) is 4.52. The van der Waals surface area contributed by atoms with Crippen LogP contribution in [0.4, 0.5) is 0 Å². The molecule has 0 bridgehead atoms. The maximum atomic E-state index is 4.29. The minimum Gasteiger partial charge on any atom is -0.179 e. The second kappa shape index (κ2) is 4.55. The summed E-state index contributed by atoms with van der Waals surface area (Å²) >= 11 is 8.53. The molecule has 0 N–H and O–H groups in total. The predicted octanol–water partition coefficient (Wildman–Crippen LogP) is 2.90. The van der Waals surface area contributed by atoms with Gasteiger partial charge in [-0.1, -0.05) is 20.8 Å². The van der Waals surface area contributed by atoms with Gasteiger partial charge in [0.1, 0.15) is 0 Å². The summed E-state index contributed by atoms with van der Waals surface area (Å²) in [4.78, 5) is 0. The standard InChI is InChI=1S/C8H18S2/c1-7(5-9)4-8(2,3)6-10/h7,9-10H,4-6H2,1-3H3. The van der Waals surface area contributed by atoms with Crippen LogP contribution in [0.3, 0.4) is 0 Å². The van der Waals surface area contributed by atoms with Crippen LogP contribution in [0.15, 0.2) is 0 Å². The van der Waals surface area contributed by atoms with Crippen molar-refractivity contribution < 1.29 is 0 Å². The van der Waals surface area contributed by atoms with Gasteiger partial charge in [0, 0.05) is 0 Å². The molecule has 10 heavy (non-hydrogen) atoms. The van der Waals surface area contributed by atoms with Crippen LogP contribution in [0, 0.1) is 11.3 Å². The van der Waals surface area contributed by atoms with E-state index in [2.05, 4.69) is 46.0 Å². The minimum atomic E-state index is 0.380. The number of hydrogen-bond acceptors (Lipinski definition) is 2. The van der Waals surface area contributed by atoms with E-state index in [9.17, 15) is 0 Å². The SMILES string of the molecule is CC(CS)CC(C)(C)CS. The molecule has 0 aliphatic carbocycles. The van der Waals surface area contributed by atoms with E-state index in [1.54, 1.807) is 0 Å². The molecule has 0 spiro atoms. The first-order valence-corrected chi connectivity index (χ1v) is 5.00. The summed E-state index contributed by atoms with van der Waals surface area (Å²) < 4.78 is 0. The highest BCUT2D eigenvalue weighted by Crippen LogP contribution is 2.26. The van der Waals surface area contributed by atoms with Crippen molar-refractivity contribution in [3.63, 3.8) is 0 Å². The van der Waals surface area contributed by atoms with Gasteiger partial charge in [-0.2, -0.15) is 25.3 Å². The summed E-state index contributed by atoms with van der Waals surface area (Å²) in [5, 5.41) is 0. The van der Waals surface area contributed by atoms with Gasteiger partial charge in [0.25, 0.3) is 0 Å². The summed E-state index contributed by atoms with van der Waals surface area (Å²) in [5.74, 6) is 2.66. The van der Waals surface area contributed by atoms with Crippen LogP contribution < -0.4 is 0 Å². The molecule has 0 aromatic heterocycles. The molecule has 0 nitrogen and oxygen atoms in total. The van der Waals surface area contributed by atoms with Crippen LogP contribution in [-0.4, -0.2) is 11.5 Å². The van der Waals surface area contributed by atoms with Crippen molar-refractivity contribution in [3.8, 4) is 0 Å². The average molecular weight is 178 g/mol. The third kappa shape index (κ3) is 4.51. The first kappa shape index (κ1) is 10.7. The molecule has 0 fully saturated rings. The number of rotatable bonds is 4. The molecular formula is C8H18S2. The van der Waals surface area contributed by atoms with Crippen LogP contribution >= 0.6 is 25.3 Å². The largest absolute Gasteiger partial charge is 0.179 e. The van der Waals surface area contributed by atoms with Gasteiger partial charge in [0.05, 0.1) is 0 Å². The van der Waals surface area contributed by atoms with E-state index in [4.69, 9.17) is 0 Å². The van der Waals surface area contributed by atoms with E-state index in [1.807, 2.05) is 0 Å². The zero-order valence-corrected chi connectivity index (χ0v) is 8.88. The molecule has 0 radical (unpaired) electrons. The fourth-order valence-electron chi connectivity index (χ4n) is 1.07. The summed E-state index contributed by atoms with van der Waals surface area (Å²) in [5.41, 5.74) is 0.380. The van der Waals surface area contributed by atoms with E-state index in [0.29, 0.717) is 11.3 Å². The van der Waals surface area contributed by atoms with Crippen LogP contribution in [0.2, 0.25) is 0 Å². The van der Waals surface area contributed by atoms with Crippen molar-refractivity contribution >= 4 is 25.3 Å². The lowest BCUT2D eigenvalue weighted by atomic mass is 9.86. The molecule has 0 aromatic rings. The second-order valence-electron chi connectivity index (χ2n) is 3.81. The number of hydrogen-bond donors (Lipinski definition) is 2. The minimum absolute atomic E-state index is 0.380. The smallest absolute Gasteiger partial charge is 0.00463 e. The maximum Gasteiger partial charge on any atom is -0.00463 e. The molecule has 0 rings (SSSR count). The Morgan fingerprint density at radius 1 is 1.30 bits per heavy atom. The molecule has 0 amide bonds. The number of thiol groups is 2. The molecule has 1 unspecified atom stereocenters. The lowest BCUT2D eigenvalue weighted by Crippen LogP contribution is -2.18. The predicted molar refractivity (Wildman–Crippen MR) is 55.3 cm³/mol. The molecule has 0 saturated carbocycles. The Balaban J connectivity index is 3.64. The highest BCUT2D eigenvalue weighted by Gasteiger charge is 2.18.